The minimum atomic E-state index is -3.63. The van der Waals surface area contributed by atoms with Crippen LogP contribution in [0.25, 0.3) is 10.8 Å². The van der Waals surface area contributed by atoms with Crippen LogP contribution in [0.5, 0.6) is 0 Å². The summed E-state index contributed by atoms with van der Waals surface area (Å²) in [7, 11) is -3.63. The minimum absolute atomic E-state index is 0.357. The van der Waals surface area contributed by atoms with Gasteiger partial charge < -0.3 is 0 Å². The lowest BCUT2D eigenvalue weighted by Gasteiger charge is -2.12. The van der Waals surface area contributed by atoms with E-state index in [1.54, 1.807) is 6.07 Å². The summed E-state index contributed by atoms with van der Waals surface area (Å²) in [5.74, 6) is 0. The first kappa shape index (κ1) is 17.1. The fraction of sp³-hybridized carbons (Fsp3) is 0.273. The van der Waals surface area contributed by atoms with Gasteiger partial charge in [-0.05, 0) is 66.0 Å². The van der Waals surface area contributed by atoms with Gasteiger partial charge in [-0.25, -0.2) is 8.42 Å². The van der Waals surface area contributed by atoms with Gasteiger partial charge in [0.15, 0.2) is 0 Å². The number of hydrogen-bond donors (Lipinski definition) is 1. The van der Waals surface area contributed by atoms with Crippen LogP contribution < -0.4 is 4.72 Å². The number of aryl methyl sites for hydroxylation is 3. The smallest absolute Gasteiger partial charge is 0.262 e. The van der Waals surface area contributed by atoms with Gasteiger partial charge in [0, 0.05) is 11.1 Å². The Hall–Kier alpha value is -2.33. The molecule has 0 atom stereocenters. The maximum Gasteiger partial charge on any atom is 0.262 e. The molecule has 0 radical (unpaired) electrons. The summed E-state index contributed by atoms with van der Waals surface area (Å²) in [4.78, 5) is 0.357. The largest absolute Gasteiger partial charge is 0.280 e. The second kappa shape index (κ2) is 6.76. The highest BCUT2D eigenvalue weighted by Crippen LogP contribution is 2.35. The van der Waals surface area contributed by atoms with E-state index in [4.69, 9.17) is 0 Å². The van der Waals surface area contributed by atoms with Gasteiger partial charge in [0.2, 0.25) is 0 Å². The van der Waals surface area contributed by atoms with Crippen molar-refractivity contribution in [1.29, 1.82) is 0 Å². The summed E-state index contributed by atoms with van der Waals surface area (Å²) in [6, 6.07) is 17.4. The molecule has 1 aliphatic rings. The average Bonchev–Trinajstić information content (AvgIpc) is 3.06. The molecule has 134 valence electrons. The lowest BCUT2D eigenvalue weighted by atomic mass is 10.1. The van der Waals surface area contributed by atoms with Gasteiger partial charge in [-0.2, -0.15) is 0 Å². The third kappa shape index (κ3) is 3.10. The van der Waals surface area contributed by atoms with Crippen molar-refractivity contribution in [3.63, 3.8) is 0 Å². The Labute approximate surface area is 155 Å². The van der Waals surface area contributed by atoms with Crippen molar-refractivity contribution >= 4 is 26.5 Å². The molecule has 1 N–H and O–H groups in total. The number of nitrogens with one attached hydrogen (secondary N) is 1. The molecular formula is C22H23NO2S. The monoisotopic (exact) mass is 365 g/mol. The van der Waals surface area contributed by atoms with Crippen LogP contribution in [0, 0.1) is 0 Å². The van der Waals surface area contributed by atoms with Crippen LogP contribution in [0.1, 0.15) is 36.5 Å². The number of hydrogen-bond acceptors (Lipinski definition) is 2. The zero-order valence-electron chi connectivity index (χ0n) is 15.0. The molecular weight excluding hydrogens is 342 g/mol. The Morgan fingerprint density at radius 2 is 1.65 bits per heavy atom. The number of unbranched alkanes of at least 4 members (excludes halogenated alkanes) is 1. The van der Waals surface area contributed by atoms with Crippen molar-refractivity contribution in [2.24, 2.45) is 0 Å². The Morgan fingerprint density at radius 1 is 0.923 bits per heavy atom. The molecule has 3 aromatic rings. The summed E-state index contributed by atoms with van der Waals surface area (Å²) >= 11 is 0. The SMILES string of the molecule is CCCCc1ccc(NS(=O)(=O)c2ccc3c4c(cccc24)CC3)cc1. The first-order chi connectivity index (χ1) is 12.6. The quantitative estimate of drug-likeness (QED) is 0.662. The zero-order valence-corrected chi connectivity index (χ0v) is 15.8. The first-order valence-corrected chi connectivity index (χ1v) is 10.7. The van der Waals surface area contributed by atoms with Crippen molar-refractivity contribution in [3.8, 4) is 0 Å². The first-order valence-electron chi connectivity index (χ1n) is 9.24. The molecule has 0 fully saturated rings. The van der Waals surface area contributed by atoms with Crippen LogP contribution in [0.4, 0.5) is 5.69 Å². The van der Waals surface area contributed by atoms with Gasteiger partial charge in [-0.3, -0.25) is 4.72 Å². The Kier molecular flexibility index (Phi) is 4.45. The fourth-order valence-electron chi connectivity index (χ4n) is 3.78. The molecule has 4 heteroatoms. The highest BCUT2D eigenvalue weighted by Gasteiger charge is 2.22. The highest BCUT2D eigenvalue weighted by atomic mass is 32.2. The van der Waals surface area contributed by atoms with Gasteiger partial charge in [0.25, 0.3) is 10.0 Å². The van der Waals surface area contributed by atoms with Crippen LogP contribution in [-0.2, 0) is 29.3 Å². The molecule has 0 unspecified atom stereocenters. The molecule has 3 aromatic carbocycles. The van der Waals surface area contributed by atoms with Crippen molar-refractivity contribution in [2.75, 3.05) is 4.72 Å². The summed E-state index contributed by atoms with van der Waals surface area (Å²) in [6.45, 7) is 2.17. The third-order valence-corrected chi connectivity index (χ3v) is 6.59. The second-order valence-corrected chi connectivity index (χ2v) is 8.62. The molecule has 0 aromatic heterocycles. The Balaban J connectivity index is 1.67. The number of rotatable bonds is 6. The molecule has 4 rings (SSSR count). The van der Waals surface area contributed by atoms with Crippen LogP contribution in [0.3, 0.4) is 0 Å². The van der Waals surface area contributed by atoms with Gasteiger partial charge >= 0.3 is 0 Å². The van der Waals surface area contributed by atoms with E-state index in [1.165, 1.54) is 16.7 Å². The topological polar surface area (TPSA) is 46.2 Å². The van der Waals surface area contributed by atoms with E-state index in [9.17, 15) is 8.42 Å². The van der Waals surface area contributed by atoms with E-state index in [1.807, 2.05) is 42.5 Å². The highest BCUT2D eigenvalue weighted by molar-refractivity contribution is 7.93. The predicted molar refractivity (Wildman–Crippen MR) is 107 cm³/mol. The van der Waals surface area contributed by atoms with Crippen molar-refractivity contribution in [1.82, 2.24) is 0 Å². The van der Waals surface area contributed by atoms with Crippen LogP contribution in [0.2, 0.25) is 0 Å². The molecule has 0 saturated heterocycles. The third-order valence-electron chi connectivity index (χ3n) is 5.15. The van der Waals surface area contributed by atoms with E-state index >= 15 is 0 Å². The van der Waals surface area contributed by atoms with Crippen molar-refractivity contribution in [3.05, 3.63) is 71.3 Å². The number of benzene rings is 3. The second-order valence-electron chi connectivity index (χ2n) is 6.97. The maximum absolute atomic E-state index is 13.0. The maximum atomic E-state index is 13.0. The van der Waals surface area contributed by atoms with Gasteiger partial charge in [0.1, 0.15) is 0 Å². The molecule has 0 bridgehead atoms. The lowest BCUT2D eigenvalue weighted by Crippen LogP contribution is -2.13. The van der Waals surface area contributed by atoms with Crippen LogP contribution in [-0.4, -0.2) is 8.42 Å². The molecule has 26 heavy (non-hydrogen) atoms. The fourth-order valence-corrected chi connectivity index (χ4v) is 5.05. The van der Waals surface area contributed by atoms with E-state index in [2.05, 4.69) is 17.7 Å². The summed E-state index contributed by atoms with van der Waals surface area (Å²) < 4.78 is 28.8. The lowest BCUT2D eigenvalue weighted by molar-refractivity contribution is 0.602. The Morgan fingerprint density at radius 3 is 2.38 bits per heavy atom. The van der Waals surface area contributed by atoms with Gasteiger partial charge in [0.05, 0.1) is 4.90 Å². The average molecular weight is 365 g/mol. The van der Waals surface area contributed by atoms with Gasteiger partial charge in [-0.1, -0.05) is 49.7 Å². The standard InChI is InChI=1S/C22H23NO2S/c1-2-3-5-16-8-13-19(14-9-16)23-26(24,25)21-15-12-18-11-10-17-6-4-7-20(21)22(17)18/h4,6-9,12-15,23H,2-3,5,10-11H2,1H3. The molecule has 0 aliphatic heterocycles. The Bertz CT molecular complexity index is 1040. The van der Waals surface area contributed by atoms with Crippen molar-refractivity contribution in [2.45, 2.75) is 43.9 Å². The number of sulfonamides is 1. The summed E-state index contributed by atoms with van der Waals surface area (Å²) in [5.41, 5.74) is 4.33. The van der Waals surface area contributed by atoms with E-state index < -0.39 is 10.0 Å². The molecule has 0 amide bonds. The minimum Gasteiger partial charge on any atom is -0.280 e. The predicted octanol–water partition coefficient (Wildman–Crippen LogP) is 5.08. The normalized spacial score (nSPS) is 13.3. The summed E-state index contributed by atoms with van der Waals surface area (Å²) in [5, 5.41) is 1.94. The van der Waals surface area contributed by atoms with Crippen molar-refractivity contribution < 1.29 is 8.42 Å². The van der Waals surface area contributed by atoms with E-state index in [-0.39, 0.29) is 0 Å². The van der Waals surface area contributed by atoms with E-state index in [0.717, 1.165) is 42.9 Å². The molecule has 0 saturated carbocycles. The van der Waals surface area contributed by atoms with Gasteiger partial charge in [-0.15, -0.1) is 0 Å². The molecule has 0 heterocycles. The van der Waals surface area contributed by atoms with Crippen LogP contribution in [0.15, 0.2) is 59.5 Å². The molecule has 0 spiro atoms. The zero-order chi connectivity index (χ0) is 18.1. The van der Waals surface area contributed by atoms with Crippen LogP contribution >= 0.6 is 0 Å². The summed E-state index contributed by atoms with van der Waals surface area (Å²) in [6.07, 6.45) is 5.30. The number of anilines is 1. The van der Waals surface area contributed by atoms with E-state index in [0.29, 0.717) is 10.6 Å². The molecule has 1 aliphatic carbocycles. The molecule has 3 nitrogen and oxygen atoms in total.